The second-order valence-electron chi connectivity index (χ2n) is 3.56. The summed E-state index contributed by atoms with van der Waals surface area (Å²) in [5, 5.41) is 0. The van der Waals surface area contributed by atoms with Crippen LogP contribution in [0.1, 0.15) is 19.3 Å². The van der Waals surface area contributed by atoms with Gasteiger partial charge in [-0.15, -0.1) is 0 Å². The summed E-state index contributed by atoms with van der Waals surface area (Å²) in [6.45, 7) is 2.34. The number of piperidine rings is 1. The van der Waals surface area contributed by atoms with Gasteiger partial charge in [-0.3, -0.25) is 4.90 Å². The van der Waals surface area contributed by atoms with Crippen molar-refractivity contribution in [1.29, 1.82) is 0 Å². The Labute approximate surface area is 73.0 Å². The summed E-state index contributed by atoms with van der Waals surface area (Å²) < 4.78 is 0. The minimum atomic E-state index is 0.914. The Morgan fingerprint density at radius 1 is 1.55 bits per heavy atom. The smallest absolute Gasteiger partial charge is 0.0177 e. The summed E-state index contributed by atoms with van der Waals surface area (Å²) in [4.78, 5) is 2.55. The molecule has 0 bridgehead atoms. The highest BCUT2D eigenvalue weighted by molar-refractivity contribution is 6.25. The minimum absolute atomic E-state index is 0.914. The van der Waals surface area contributed by atoms with Crippen LogP contribution < -0.4 is 0 Å². The molecule has 11 heavy (non-hydrogen) atoms. The fourth-order valence-corrected chi connectivity index (χ4v) is 2.19. The predicted molar refractivity (Wildman–Crippen MR) is 47.7 cm³/mol. The fourth-order valence-electron chi connectivity index (χ4n) is 2.11. The maximum atomic E-state index is 5.47. The van der Waals surface area contributed by atoms with Crippen molar-refractivity contribution < 1.29 is 0 Å². The monoisotopic (exact) mass is 171 g/mol. The molecule has 1 aliphatic heterocycles. The molecule has 0 aromatic heterocycles. The Morgan fingerprint density at radius 2 is 2.45 bits per heavy atom. The Bertz CT molecular complexity index is 167. The fraction of sp³-hybridized carbons (Fsp3) is 0.778. The number of likely N-dealkylation sites (tertiary alicyclic amines) is 1. The quantitative estimate of drug-likeness (QED) is 0.616. The molecule has 0 spiro atoms. The van der Waals surface area contributed by atoms with Crippen LogP contribution in [0.3, 0.4) is 0 Å². The minimum Gasteiger partial charge on any atom is -0.296 e. The van der Waals surface area contributed by atoms with E-state index in [0.717, 1.165) is 18.5 Å². The molecule has 1 aliphatic carbocycles. The van der Waals surface area contributed by atoms with Crippen LogP contribution in [0.5, 0.6) is 0 Å². The van der Waals surface area contributed by atoms with Crippen LogP contribution in [0.25, 0.3) is 0 Å². The molecule has 2 fully saturated rings. The highest BCUT2D eigenvalue weighted by Gasteiger charge is 2.43. The van der Waals surface area contributed by atoms with Crippen LogP contribution in [0, 0.1) is 5.92 Å². The first-order valence-electron chi connectivity index (χ1n) is 4.41. The first kappa shape index (κ1) is 7.63. The molecular formula is C9H14ClN. The molecule has 0 radical (unpaired) electrons. The lowest BCUT2D eigenvalue weighted by molar-refractivity contribution is 0.238. The van der Waals surface area contributed by atoms with Crippen molar-refractivity contribution in [2.75, 3.05) is 13.1 Å². The molecule has 1 saturated heterocycles. The molecule has 2 atom stereocenters. The van der Waals surface area contributed by atoms with E-state index in [-0.39, 0.29) is 0 Å². The van der Waals surface area contributed by atoms with Gasteiger partial charge in [-0.1, -0.05) is 17.7 Å². The molecule has 2 rings (SSSR count). The molecule has 0 amide bonds. The van der Waals surface area contributed by atoms with Crippen LogP contribution in [-0.4, -0.2) is 24.0 Å². The second kappa shape index (κ2) is 3.16. The van der Waals surface area contributed by atoms with Gasteiger partial charge in [-0.25, -0.2) is 0 Å². The van der Waals surface area contributed by atoms with Crippen molar-refractivity contribution >= 4 is 11.6 Å². The molecule has 2 heteroatoms. The van der Waals surface area contributed by atoms with Gasteiger partial charge in [0.25, 0.3) is 0 Å². The summed E-state index contributed by atoms with van der Waals surface area (Å²) in [6, 6.07) is 0.914. The van der Waals surface area contributed by atoms with Crippen molar-refractivity contribution in [2.24, 2.45) is 5.92 Å². The van der Waals surface area contributed by atoms with Crippen LogP contribution >= 0.6 is 11.6 Å². The Morgan fingerprint density at radius 3 is 3.27 bits per heavy atom. The molecule has 0 aromatic rings. The largest absolute Gasteiger partial charge is 0.296 e. The predicted octanol–water partition coefficient (Wildman–Crippen LogP) is 2.22. The first-order chi connectivity index (χ1) is 5.42. The van der Waals surface area contributed by atoms with E-state index in [9.17, 15) is 0 Å². The zero-order valence-corrected chi connectivity index (χ0v) is 7.43. The summed E-state index contributed by atoms with van der Waals surface area (Å²) in [5.41, 5.74) is 1.63. The number of nitrogens with zero attached hydrogens (tertiary/aromatic N) is 1. The van der Waals surface area contributed by atoms with E-state index >= 15 is 0 Å². The summed E-state index contributed by atoms with van der Waals surface area (Å²) in [6.07, 6.45) is 6.33. The number of hydrogen-bond donors (Lipinski definition) is 0. The maximum Gasteiger partial charge on any atom is 0.0177 e. The van der Waals surface area contributed by atoms with E-state index in [2.05, 4.69) is 4.90 Å². The van der Waals surface area contributed by atoms with Gasteiger partial charge >= 0.3 is 0 Å². The third-order valence-corrected chi connectivity index (χ3v) is 2.98. The zero-order valence-electron chi connectivity index (χ0n) is 6.67. The highest BCUT2D eigenvalue weighted by atomic mass is 35.5. The van der Waals surface area contributed by atoms with Crippen LogP contribution in [0.2, 0.25) is 0 Å². The van der Waals surface area contributed by atoms with E-state index in [0.29, 0.717) is 0 Å². The molecule has 1 saturated carbocycles. The zero-order chi connectivity index (χ0) is 7.68. The summed E-state index contributed by atoms with van der Waals surface area (Å²) in [7, 11) is 0. The SMILES string of the molecule is Cl/C=C/CN1CCCC2CC21. The van der Waals surface area contributed by atoms with Crippen LogP contribution in [0.15, 0.2) is 11.6 Å². The summed E-state index contributed by atoms with van der Waals surface area (Å²) in [5.74, 6) is 1.03. The molecule has 2 unspecified atom stereocenters. The van der Waals surface area contributed by atoms with Gasteiger partial charge in [0.1, 0.15) is 0 Å². The van der Waals surface area contributed by atoms with Gasteiger partial charge in [-0.05, 0) is 31.7 Å². The topological polar surface area (TPSA) is 3.24 Å². The molecule has 1 heterocycles. The van der Waals surface area contributed by atoms with Crippen molar-refractivity contribution in [1.82, 2.24) is 4.90 Å². The van der Waals surface area contributed by atoms with Gasteiger partial charge in [0.05, 0.1) is 0 Å². The normalized spacial score (nSPS) is 37.5. The van der Waals surface area contributed by atoms with Gasteiger partial charge in [0, 0.05) is 18.1 Å². The van der Waals surface area contributed by atoms with Crippen molar-refractivity contribution in [3.8, 4) is 0 Å². The Hall–Kier alpha value is -0.0100. The molecule has 1 nitrogen and oxygen atoms in total. The third-order valence-electron chi connectivity index (χ3n) is 2.80. The molecular weight excluding hydrogens is 158 g/mol. The van der Waals surface area contributed by atoms with Gasteiger partial charge in [0.15, 0.2) is 0 Å². The van der Waals surface area contributed by atoms with E-state index < -0.39 is 0 Å². The molecule has 0 N–H and O–H groups in total. The van der Waals surface area contributed by atoms with E-state index in [4.69, 9.17) is 11.6 Å². The molecule has 62 valence electrons. The number of halogens is 1. The lowest BCUT2D eigenvalue weighted by atomic mass is 10.1. The molecule has 2 aliphatic rings. The van der Waals surface area contributed by atoms with Gasteiger partial charge < -0.3 is 0 Å². The Balaban J connectivity index is 1.83. The standard InChI is InChI=1S/C9H14ClN/c10-4-2-6-11-5-1-3-8-7-9(8)11/h2,4,8-9H,1,3,5-7H2/b4-2+. The van der Waals surface area contributed by atoms with Crippen molar-refractivity contribution in [3.63, 3.8) is 0 Å². The Kier molecular flexibility index (Phi) is 2.19. The second-order valence-corrected chi connectivity index (χ2v) is 3.81. The lowest BCUT2D eigenvalue weighted by Gasteiger charge is -2.24. The summed E-state index contributed by atoms with van der Waals surface area (Å²) >= 11 is 5.47. The highest BCUT2D eigenvalue weighted by Crippen LogP contribution is 2.42. The van der Waals surface area contributed by atoms with Crippen LogP contribution in [-0.2, 0) is 0 Å². The van der Waals surface area contributed by atoms with E-state index in [1.807, 2.05) is 6.08 Å². The van der Waals surface area contributed by atoms with Crippen molar-refractivity contribution in [2.45, 2.75) is 25.3 Å². The number of hydrogen-bond acceptors (Lipinski definition) is 1. The lowest BCUT2D eigenvalue weighted by Crippen LogP contribution is -2.31. The van der Waals surface area contributed by atoms with E-state index in [1.165, 1.54) is 25.8 Å². The number of rotatable bonds is 2. The average Bonchev–Trinajstić information content (AvgIpc) is 2.79. The van der Waals surface area contributed by atoms with E-state index in [1.54, 1.807) is 5.54 Å². The maximum absolute atomic E-state index is 5.47. The third kappa shape index (κ3) is 1.60. The van der Waals surface area contributed by atoms with Gasteiger partial charge in [-0.2, -0.15) is 0 Å². The molecule has 0 aromatic carbocycles. The van der Waals surface area contributed by atoms with Gasteiger partial charge in [0.2, 0.25) is 0 Å². The van der Waals surface area contributed by atoms with Crippen molar-refractivity contribution in [3.05, 3.63) is 11.6 Å². The average molecular weight is 172 g/mol. The number of fused-ring (bicyclic) bond motifs is 1. The first-order valence-corrected chi connectivity index (χ1v) is 4.84. The van der Waals surface area contributed by atoms with Crippen LogP contribution in [0.4, 0.5) is 0 Å².